The number of imidazole rings is 1. The van der Waals surface area contributed by atoms with E-state index in [0.717, 1.165) is 16.7 Å². The van der Waals surface area contributed by atoms with E-state index in [-0.39, 0.29) is 34.8 Å². The van der Waals surface area contributed by atoms with Crippen LogP contribution in [0.4, 0.5) is 13.2 Å². The predicted octanol–water partition coefficient (Wildman–Crippen LogP) is 2.20. The summed E-state index contributed by atoms with van der Waals surface area (Å²) in [6.45, 7) is -0.129. The lowest BCUT2D eigenvalue weighted by Gasteiger charge is -2.06. The van der Waals surface area contributed by atoms with Gasteiger partial charge in [-0.1, -0.05) is 0 Å². The summed E-state index contributed by atoms with van der Waals surface area (Å²) in [6, 6.07) is 4.24. The Labute approximate surface area is 170 Å². The Hall–Kier alpha value is -3.41. The van der Waals surface area contributed by atoms with Gasteiger partial charge in [0.05, 0.1) is 5.56 Å². The van der Waals surface area contributed by atoms with Crippen LogP contribution in [0.15, 0.2) is 38.3 Å². The molecule has 0 saturated heterocycles. The van der Waals surface area contributed by atoms with Crippen molar-refractivity contribution in [3.05, 3.63) is 61.8 Å². The number of alkyl halides is 3. The molecule has 0 unspecified atom stereocenters. The van der Waals surface area contributed by atoms with Crippen LogP contribution >= 0.6 is 11.6 Å². The molecule has 3 aromatic heterocycles. The van der Waals surface area contributed by atoms with E-state index < -0.39 is 23.0 Å². The molecule has 0 aliphatic carbocycles. The number of nitrogens with zero attached hydrogens (tertiary/aromatic N) is 6. The van der Waals surface area contributed by atoms with Gasteiger partial charge in [-0.3, -0.25) is 18.5 Å². The summed E-state index contributed by atoms with van der Waals surface area (Å²) < 4.78 is 47.0. The molecule has 4 aromatic rings. The van der Waals surface area contributed by atoms with Crippen LogP contribution in [0.2, 0.25) is 5.28 Å². The Morgan fingerprint density at radius 2 is 1.73 bits per heavy atom. The summed E-state index contributed by atoms with van der Waals surface area (Å²) in [4.78, 5) is 28.6. The molecule has 0 bridgehead atoms. The molecule has 0 radical (unpaired) electrons. The first-order valence-electron chi connectivity index (χ1n) is 8.39. The van der Waals surface area contributed by atoms with Gasteiger partial charge in [-0.2, -0.15) is 18.2 Å². The quantitative estimate of drug-likeness (QED) is 0.453. The Morgan fingerprint density at radius 1 is 1.07 bits per heavy atom. The minimum Gasteiger partial charge on any atom is -0.419 e. The van der Waals surface area contributed by atoms with Gasteiger partial charge < -0.3 is 4.42 Å². The van der Waals surface area contributed by atoms with Gasteiger partial charge in [0.1, 0.15) is 6.54 Å². The van der Waals surface area contributed by atoms with Gasteiger partial charge in [0.15, 0.2) is 11.2 Å². The molecular formula is C17H12ClF3N6O3. The molecule has 0 aliphatic heterocycles. The van der Waals surface area contributed by atoms with E-state index in [1.807, 2.05) is 0 Å². The van der Waals surface area contributed by atoms with Crippen LogP contribution in [0.3, 0.4) is 0 Å². The molecule has 30 heavy (non-hydrogen) atoms. The second kappa shape index (κ2) is 6.83. The average molecular weight is 441 g/mol. The number of hydrogen-bond acceptors (Lipinski definition) is 6. The highest BCUT2D eigenvalue weighted by atomic mass is 35.5. The number of halogens is 4. The van der Waals surface area contributed by atoms with Crippen molar-refractivity contribution < 1.29 is 17.6 Å². The van der Waals surface area contributed by atoms with Crippen LogP contribution in [0.25, 0.3) is 22.6 Å². The second-order valence-corrected chi connectivity index (χ2v) is 6.76. The third-order valence-corrected chi connectivity index (χ3v) is 4.81. The minimum atomic E-state index is -4.45. The molecule has 0 saturated carbocycles. The molecule has 1 aromatic carbocycles. The summed E-state index contributed by atoms with van der Waals surface area (Å²) in [5.74, 6) is 0.0431. The summed E-state index contributed by atoms with van der Waals surface area (Å²) in [6.07, 6.45) is -4.45. The van der Waals surface area contributed by atoms with E-state index in [0.29, 0.717) is 5.56 Å². The Morgan fingerprint density at radius 3 is 2.37 bits per heavy atom. The second-order valence-electron chi connectivity index (χ2n) is 6.42. The number of aryl methyl sites for hydroxylation is 1. The zero-order chi connectivity index (χ0) is 21.8. The summed E-state index contributed by atoms with van der Waals surface area (Å²) in [5, 5.41) is 7.61. The predicted molar refractivity (Wildman–Crippen MR) is 99.1 cm³/mol. The number of aromatic nitrogens is 6. The maximum Gasteiger partial charge on any atom is 0.416 e. The van der Waals surface area contributed by atoms with E-state index in [4.69, 9.17) is 16.0 Å². The van der Waals surface area contributed by atoms with Crippen molar-refractivity contribution >= 4 is 22.8 Å². The third-order valence-electron chi connectivity index (χ3n) is 4.52. The lowest BCUT2D eigenvalue weighted by atomic mass is 10.1. The van der Waals surface area contributed by atoms with Crippen LogP contribution in [0.5, 0.6) is 0 Å². The van der Waals surface area contributed by atoms with Gasteiger partial charge in [0, 0.05) is 19.7 Å². The zero-order valence-electron chi connectivity index (χ0n) is 15.4. The molecule has 0 atom stereocenters. The lowest BCUT2D eigenvalue weighted by Crippen LogP contribution is -2.37. The topological polar surface area (TPSA) is 101 Å². The molecule has 0 N–H and O–H groups in total. The van der Waals surface area contributed by atoms with Crippen LogP contribution in [-0.2, 0) is 26.8 Å². The molecule has 156 valence electrons. The fourth-order valence-corrected chi connectivity index (χ4v) is 3.16. The first kappa shape index (κ1) is 19.9. The highest BCUT2D eigenvalue weighted by Crippen LogP contribution is 2.30. The standard InChI is InChI=1S/C17H12ClF3N6O3/c1-25-12-11(14(28)26(2)16(25)29)27(15(18)22-12)7-10-23-24-13(30-10)8-3-5-9(6-4-8)17(19,20)21/h3-6H,7H2,1-2H3. The lowest BCUT2D eigenvalue weighted by molar-refractivity contribution is -0.137. The minimum absolute atomic E-state index is 0.000398. The molecule has 4 rings (SSSR count). The zero-order valence-corrected chi connectivity index (χ0v) is 16.2. The van der Waals surface area contributed by atoms with Gasteiger partial charge in [-0.25, -0.2) is 4.79 Å². The molecule has 3 heterocycles. The maximum absolute atomic E-state index is 12.7. The first-order chi connectivity index (χ1) is 14.1. The van der Waals surface area contributed by atoms with Crippen molar-refractivity contribution in [1.82, 2.24) is 28.9 Å². The van der Waals surface area contributed by atoms with Gasteiger partial charge in [0.2, 0.25) is 17.1 Å². The molecule has 13 heteroatoms. The highest BCUT2D eigenvalue weighted by Gasteiger charge is 2.30. The molecular weight excluding hydrogens is 429 g/mol. The van der Waals surface area contributed by atoms with Gasteiger partial charge in [-0.15, -0.1) is 10.2 Å². The van der Waals surface area contributed by atoms with Gasteiger partial charge in [0.25, 0.3) is 5.56 Å². The fourth-order valence-electron chi connectivity index (χ4n) is 2.94. The SMILES string of the molecule is Cn1c(=O)c2c(nc(Cl)n2Cc2nnc(-c3ccc(C(F)(F)F)cc3)o2)n(C)c1=O. The molecule has 0 amide bonds. The van der Waals surface area contributed by atoms with Crippen molar-refractivity contribution in [3.8, 4) is 11.5 Å². The van der Waals surface area contributed by atoms with E-state index in [1.54, 1.807) is 0 Å². The summed E-state index contributed by atoms with van der Waals surface area (Å²) >= 11 is 6.14. The molecule has 9 nitrogen and oxygen atoms in total. The van der Waals surface area contributed by atoms with E-state index >= 15 is 0 Å². The van der Waals surface area contributed by atoms with E-state index in [9.17, 15) is 22.8 Å². The van der Waals surface area contributed by atoms with Gasteiger partial charge in [-0.05, 0) is 35.9 Å². The highest BCUT2D eigenvalue weighted by molar-refractivity contribution is 6.29. The maximum atomic E-state index is 12.7. The Balaban J connectivity index is 1.71. The van der Waals surface area contributed by atoms with Crippen molar-refractivity contribution in [2.45, 2.75) is 12.7 Å². The van der Waals surface area contributed by atoms with Crippen molar-refractivity contribution in [3.63, 3.8) is 0 Å². The Bertz CT molecular complexity index is 1380. The summed E-state index contributed by atoms with van der Waals surface area (Å²) in [5.41, 5.74) is -1.51. The number of benzene rings is 1. The average Bonchev–Trinajstić information content (AvgIpc) is 3.30. The van der Waals surface area contributed by atoms with Crippen molar-refractivity contribution in [1.29, 1.82) is 0 Å². The largest absolute Gasteiger partial charge is 0.419 e. The normalized spacial score (nSPS) is 12.1. The Kier molecular flexibility index (Phi) is 4.53. The molecule has 0 fully saturated rings. The van der Waals surface area contributed by atoms with E-state index in [1.165, 1.54) is 35.4 Å². The number of rotatable bonds is 3. The fraction of sp³-hybridized carbons (Fsp3) is 0.235. The smallest absolute Gasteiger partial charge is 0.416 e. The monoisotopic (exact) mass is 440 g/mol. The van der Waals surface area contributed by atoms with Crippen LogP contribution < -0.4 is 11.2 Å². The van der Waals surface area contributed by atoms with E-state index in [2.05, 4.69) is 15.2 Å². The van der Waals surface area contributed by atoms with Crippen molar-refractivity contribution in [2.24, 2.45) is 14.1 Å². The van der Waals surface area contributed by atoms with Crippen molar-refractivity contribution in [2.75, 3.05) is 0 Å². The molecule has 0 spiro atoms. The van der Waals surface area contributed by atoms with Gasteiger partial charge >= 0.3 is 11.9 Å². The first-order valence-corrected chi connectivity index (χ1v) is 8.77. The molecule has 0 aliphatic rings. The van der Waals surface area contributed by atoms with Crippen LogP contribution in [0.1, 0.15) is 11.5 Å². The number of fused-ring (bicyclic) bond motifs is 1. The van der Waals surface area contributed by atoms with Crippen LogP contribution in [0, 0.1) is 0 Å². The number of hydrogen-bond donors (Lipinski definition) is 0. The third kappa shape index (κ3) is 3.18. The summed E-state index contributed by atoms with van der Waals surface area (Å²) in [7, 11) is 2.78. The van der Waals surface area contributed by atoms with Crippen LogP contribution in [-0.4, -0.2) is 28.9 Å².